The van der Waals surface area contributed by atoms with E-state index in [4.69, 9.17) is 49.0 Å². The molecule has 0 amide bonds. The van der Waals surface area contributed by atoms with Crippen LogP contribution in [0.1, 0.15) is 148 Å². The molecule has 0 radical (unpaired) electrons. The third-order valence-corrected chi connectivity index (χ3v) is 12.4. The van der Waals surface area contributed by atoms with Crippen LogP contribution in [0.25, 0.3) is 22.3 Å². The van der Waals surface area contributed by atoms with Crippen molar-refractivity contribution in [2.24, 2.45) is 0 Å². The van der Waals surface area contributed by atoms with Crippen molar-refractivity contribution in [2.75, 3.05) is 13.2 Å². The number of alkyl halides is 2. The molecule has 0 aliphatic carbocycles. The Morgan fingerprint density at radius 3 is 1.07 bits per heavy atom. The molecule has 0 fully saturated rings. The SMILES string of the molecule is CCCCCCCCCCOc1ccc(-c2ccc(O)cc2)cc1.CCCCCCCCCCOc1ccc(-c2ccc(OC(=O)c3ccc(CCl)cc3)cc2)cc1.O=C(Cl)c1ccc(CCl)cc1. The van der Waals surface area contributed by atoms with Gasteiger partial charge in [-0.25, -0.2) is 4.79 Å². The molecule has 0 aromatic heterocycles. The summed E-state index contributed by atoms with van der Waals surface area (Å²) in [4.78, 5) is 22.9. The number of rotatable bonds is 27. The summed E-state index contributed by atoms with van der Waals surface area (Å²) in [6, 6.07) is 45.1. The van der Waals surface area contributed by atoms with Gasteiger partial charge in [0.05, 0.1) is 18.8 Å². The first-order chi connectivity index (χ1) is 33.7. The van der Waals surface area contributed by atoms with Gasteiger partial charge in [0.15, 0.2) is 0 Å². The van der Waals surface area contributed by atoms with Crippen LogP contribution >= 0.6 is 34.8 Å². The molecule has 6 aromatic carbocycles. The van der Waals surface area contributed by atoms with Crippen molar-refractivity contribution in [3.63, 3.8) is 0 Å². The van der Waals surface area contributed by atoms with E-state index < -0.39 is 5.24 Å². The topological polar surface area (TPSA) is 82.1 Å². The lowest BCUT2D eigenvalue weighted by Gasteiger charge is -2.09. The van der Waals surface area contributed by atoms with Crippen molar-refractivity contribution >= 4 is 46.0 Å². The molecule has 0 spiro atoms. The van der Waals surface area contributed by atoms with Crippen molar-refractivity contribution in [1.29, 1.82) is 0 Å². The van der Waals surface area contributed by atoms with E-state index in [1.165, 1.54) is 89.9 Å². The molecule has 0 aliphatic rings. The van der Waals surface area contributed by atoms with Gasteiger partial charge in [0, 0.05) is 17.3 Å². The lowest BCUT2D eigenvalue weighted by molar-refractivity contribution is 0.0734. The van der Waals surface area contributed by atoms with Crippen LogP contribution in [0.5, 0.6) is 23.0 Å². The number of unbranched alkanes of at least 4 members (excludes halogenated alkanes) is 14. The average molecular weight is 995 g/mol. The zero-order valence-electron chi connectivity index (χ0n) is 40.6. The molecule has 9 heteroatoms. The fourth-order valence-electron chi connectivity index (χ4n) is 7.33. The Morgan fingerprint density at radius 2 is 0.725 bits per heavy atom. The number of phenolic OH excluding ortho intramolecular Hbond substituents is 1. The van der Waals surface area contributed by atoms with Crippen LogP contribution in [-0.4, -0.2) is 29.5 Å². The summed E-state index contributed by atoms with van der Waals surface area (Å²) in [5, 5.41) is 8.90. The van der Waals surface area contributed by atoms with Crippen molar-refractivity contribution in [1.82, 2.24) is 0 Å². The number of benzene rings is 6. The highest BCUT2D eigenvalue weighted by molar-refractivity contribution is 6.67. The molecule has 0 atom stereocenters. The average Bonchev–Trinajstić information content (AvgIpc) is 3.39. The second-order valence-electron chi connectivity index (χ2n) is 17.1. The van der Waals surface area contributed by atoms with Crippen LogP contribution < -0.4 is 14.2 Å². The highest BCUT2D eigenvalue weighted by Crippen LogP contribution is 2.27. The molecule has 6 aromatic rings. The minimum Gasteiger partial charge on any atom is -0.508 e. The van der Waals surface area contributed by atoms with Gasteiger partial charge < -0.3 is 19.3 Å². The van der Waals surface area contributed by atoms with Gasteiger partial charge in [-0.15, -0.1) is 23.2 Å². The van der Waals surface area contributed by atoms with Gasteiger partial charge in [-0.05, 0) is 131 Å². The maximum absolute atomic E-state index is 12.3. The Balaban J connectivity index is 0.000000255. The number of hydrogen-bond acceptors (Lipinski definition) is 6. The van der Waals surface area contributed by atoms with Gasteiger partial charge in [-0.1, -0.05) is 177 Å². The molecule has 6 nitrogen and oxygen atoms in total. The van der Waals surface area contributed by atoms with E-state index in [2.05, 4.69) is 38.1 Å². The standard InChI is InChI=1S/C30H35ClO3.C22H30O2.C8H6Cl2O/c1-2-3-4-5-6-7-8-9-22-33-28-18-14-25(15-19-28)26-16-20-29(21-17-26)34-30(32)27-12-10-24(23-31)11-13-27;1-2-3-4-5-6-7-8-9-18-24-22-16-12-20(13-17-22)19-10-14-21(23)15-11-19;9-5-6-1-3-7(4-2-6)8(10)11/h10-21H,2-9,22-23H2,1H3;10-17,23H,2-9,18H2,1H3;1-4H,5H2. The summed E-state index contributed by atoms with van der Waals surface area (Å²) in [5.41, 5.74) is 7.33. The Labute approximate surface area is 427 Å². The Kier molecular flexibility index (Phi) is 27.8. The smallest absolute Gasteiger partial charge is 0.343 e. The van der Waals surface area contributed by atoms with E-state index in [1.54, 1.807) is 48.5 Å². The van der Waals surface area contributed by atoms with Crippen molar-refractivity contribution in [2.45, 2.75) is 128 Å². The molecule has 69 heavy (non-hydrogen) atoms. The van der Waals surface area contributed by atoms with Crippen molar-refractivity contribution in [3.05, 3.63) is 168 Å². The first-order valence-electron chi connectivity index (χ1n) is 24.8. The molecule has 6 rings (SSSR count). The number of aromatic hydroxyl groups is 1. The first-order valence-corrected chi connectivity index (χ1v) is 26.2. The van der Waals surface area contributed by atoms with Gasteiger partial charge in [0.1, 0.15) is 23.0 Å². The largest absolute Gasteiger partial charge is 0.508 e. The molecular formula is C60H71Cl3O6. The Morgan fingerprint density at radius 1 is 0.406 bits per heavy atom. The van der Waals surface area contributed by atoms with E-state index in [1.807, 2.05) is 72.8 Å². The van der Waals surface area contributed by atoms with E-state index >= 15 is 0 Å². The normalized spacial score (nSPS) is 10.6. The maximum Gasteiger partial charge on any atom is 0.343 e. The summed E-state index contributed by atoms with van der Waals surface area (Å²) >= 11 is 16.6. The molecule has 0 aliphatic heterocycles. The summed E-state index contributed by atoms with van der Waals surface area (Å²) in [7, 11) is 0. The van der Waals surface area contributed by atoms with Crippen LogP contribution in [0.15, 0.2) is 146 Å². The predicted octanol–water partition coefficient (Wildman–Crippen LogP) is 18.2. The molecule has 0 heterocycles. The second kappa shape index (κ2) is 34.1. The summed E-state index contributed by atoms with van der Waals surface area (Å²) in [6.45, 7) is 6.08. The fraction of sp³-hybridized carbons (Fsp3) is 0.367. The van der Waals surface area contributed by atoms with E-state index in [-0.39, 0.29) is 5.97 Å². The van der Waals surface area contributed by atoms with E-state index in [0.29, 0.717) is 34.4 Å². The number of carbonyl (C=O) groups is 2. The van der Waals surface area contributed by atoms with E-state index in [9.17, 15) is 14.7 Å². The number of ether oxygens (including phenoxy) is 3. The molecule has 368 valence electrons. The zero-order valence-corrected chi connectivity index (χ0v) is 42.9. The van der Waals surface area contributed by atoms with Crippen LogP contribution in [0.3, 0.4) is 0 Å². The molecule has 0 bridgehead atoms. The lowest BCUT2D eigenvalue weighted by Crippen LogP contribution is -2.08. The third-order valence-electron chi connectivity index (χ3n) is 11.5. The minimum absolute atomic E-state index is 0.295. The predicted molar refractivity (Wildman–Crippen MR) is 289 cm³/mol. The van der Waals surface area contributed by atoms with Crippen LogP contribution in [0.2, 0.25) is 0 Å². The highest BCUT2D eigenvalue weighted by atomic mass is 35.5. The summed E-state index contributed by atoms with van der Waals surface area (Å²) in [6.07, 6.45) is 20.9. The third kappa shape index (κ3) is 22.8. The van der Waals surface area contributed by atoms with Gasteiger partial charge in [-0.2, -0.15) is 0 Å². The van der Waals surface area contributed by atoms with Crippen LogP contribution in [0, 0.1) is 0 Å². The summed E-state index contributed by atoms with van der Waals surface area (Å²) < 4.78 is 17.2. The second-order valence-corrected chi connectivity index (χ2v) is 18.0. The zero-order chi connectivity index (χ0) is 49.3. The molecule has 0 saturated carbocycles. The van der Waals surface area contributed by atoms with Crippen LogP contribution in [0.4, 0.5) is 0 Å². The van der Waals surface area contributed by atoms with Gasteiger partial charge >= 0.3 is 5.97 Å². The van der Waals surface area contributed by atoms with Gasteiger partial charge in [0.2, 0.25) is 0 Å². The lowest BCUT2D eigenvalue weighted by atomic mass is 10.1. The van der Waals surface area contributed by atoms with E-state index in [0.717, 1.165) is 70.9 Å². The Hall–Kier alpha value is -5.27. The number of carbonyl (C=O) groups excluding carboxylic acids is 2. The molecule has 1 N–H and O–H groups in total. The fourth-order valence-corrected chi connectivity index (χ4v) is 7.81. The minimum atomic E-state index is -0.439. The number of phenols is 1. The molecule has 0 saturated heterocycles. The quantitative estimate of drug-likeness (QED) is 0.0182. The molecular weight excluding hydrogens is 923 g/mol. The van der Waals surface area contributed by atoms with Crippen molar-refractivity contribution < 1.29 is 28.9 Å². The Bertz CT molecular complexity index is 2280. The van der Waals surface area contributed by atoms with Crippen LogP contribution in [-0.2, 0) is 11.8 Å². The summed E-state index contributed by atoms with van der Waals surface area (Å²) in [5.74, 6) is 3.13. The number of halogens is 3. The molecule has 0 unspecified atom stereocenters. The van der Waals surface area contributed by atoms with Gasteiger partial charge in [-0.3, -0.25) is 4.79 Å². The number of esters is 1. The number of hydrogen-bond donors (Lipinski definition) is 1. The first kappa shape index (κ1) is 56.3. The maximum atomic E-state index is 12.3. The van der Waals surface area contributed by atoms with Gasteiger partial charge in [0.25, 0.3) is 5.24 Å². The highest BCUT2D eigenvalue weighted by Gasteiger charge is 2.09. The monoisotopic (exact) mass is 992 g/mol. The van der Waals surface area contributed by atoms with Crippen molar-refractivity contribution in [3.8, 4) is 45.3 Å².